The number of rotatable bonds is 8. The molecule has 9 heteroatoms. The summed E-state index contributed by atoms with van der Waals surface area (Å²) < 4.78 is 0. The Hall–Kier alpha value is -3.33. The zero-order valence-corrected chi connectivity index (χ0v) is 15.1. The van der Waals surface area contributed by atoms with Gasteiger partial charge in [-0.05, 0) is 19.7 Å². The van der Waals surface area contributed by atoms with Gasteiger partial charge in [0.15, 0.2) is 0 Å². The van der Waals surface area contributed by atoms with Gasteiger partial charge in [0, 0.05) is 31.8 Å². The number of non-ortho nitro benzene ring substituents is 2. The molecule has 0 N–H and O–H groups in total. The van der Waals surface area contributed by atoms with Crippen LogP contribution in [0.25, 0.3) is 0 Å². The summed E-state index contributed by atoms with van der Waals surface area (Å²) in [6.45, 7) is 1.25. The number of carbonyl (C=O) groups excluding carboxylic acids is 1. The predicted octanol–water partition coefficient (Wildman–Crippen LogP) is 2.71. The van der Waals surface area contributed by atoms with Gasteiger partial charge in [-0.15, -0.1) is 0 Å². The lowest BCUT2D eigenvalue weighted by Gasteiger charge is -2.24. The summed E-state index contributed by atoms with van der Waals surface area (Å²) in [6.07, 6.45) is 0. The Balaban J connectivity index is 2.38. The van der Waals surface area contributed by atoms with E-state index in [1.165, 1.54) is 4.90 Å². The maximum atomic E-state index is 13.0. The average Bonchev–Trinajstić information content (AvgIpc) is 2.64. The largest absolute Gasteiger partial charge is 0.333 e. The van der Waals surface area contributed by atoms with Crippen molar-refractivity contribution in [3.8, 4) is 0 Å². The molecule has 0 aliphatic heterocycles. The second-order valence-corrected chi connectivity index (χ2v) is 6.27. The van der Waals surface area contributed by atoms with Crippen LogP contribution in [0.15, 0.2) is 48.5 Å². The van der Waals surface area contributed by atoms with E-state index in [1.54, 1.807) is 0 Å². The molecule has 0 saturated heterocycles. The molecule has 0 atom stereocenters. The summed E-state index contributed by atoms with van der Waals surface area (Å²) in [4.78, 5) is 37.1. The van der Waals surface area contributed by atoms with Gasteiger partial charge in [0.1, 0.15) is 0 Å². The Morgan fingerprint density at radius 2 is 1.48 bits per heavy atom. The molecule has 0 unspecified atom stereocenters. The number of nitro benzene ring substituents is 2. The Morgan fingerprint density at radius 3 is 1.96 bits per heavy atom. The second kappa shape index (κ2) is 8.86. The Kier molecular flexibility index (Phi) is 6.56. The summed E-state index contributed by atoms with van der Waals surface area (Å²) >= 11 is 0. The van der Waals surface area contributed by atoms with Crippen molar-refractivity contribution >= 4 is 17.3 Å². The molecule has 0 aliphatic carbocycles. The standard InChI is InChI=1S/C18H20N4O5/c1-19(2)8-9-20(13-14-6-4-3-5-7-14)18(23)15-10-16(21(24)25)12-17(11-15)22(26)27/h3-7,10-12H,8-9,13H2,1-2H3. The number of benzene rings is 2. The molecule has 142 valence electrons. The van der Waals surface area contributed by atoms with Crippen LogP contribution in [0.2, 0.25) is 0 Å². The maximum Gasteiger partial charge on any atom is 0.277 e. The fourth-order valence-electron chi connectivity index (χ4n) is 2.49. The highest BCUT2D eigenvalue weighted by molar-refractivity contribution is 5.95. The summed E-state index contributed by atoms with van der Waals surface area (Å²) in [5.74, 6) is -0.493. The maximum absolute atomic E-state index is 13.0. The molecule has 0 saturated carbocycles. The highest BCUT2D eigenvalue weighted by Gasteiger charge is 2.23. The molecule has 1 amide bonds. The topological polar surface area (TPSA) is 110 Å². The van der Waals surface area contributed by atoms with E-state index in [-0.39, 0.29) is 5.56 Å². The van der Waals surface area contributed by atoms with Crippen LogP contribution in [0.1, 0.15) is 15.9 Å². The van der Waals surface area contributed by atoms with E-state index < -0.39 is 27.1 Å². The van der Waals surface area contributed by atoms with Crippen LogP contribution < -0.4 is 0 Å². The van der Waals surface area contributed by atoms with E-state index >= 15 is 0 Å². The summed E-state index contributed by atoms with van der Waals surface area (Å²) in [7, 11) is 3.73. The van der Waals surface area contributed by atoms with Crippen molar-refractivity contribution in [1.82, 2.24) is 9.80 Å². The number of likely N-dealkylation sites (N-methyl/N-ethyl adjacent to an activating group) is 1. The first-order valence-electron chi connectivity index (χ1n) is 8.19. The molecule has 0 aliphatic rings. The van der Waals surface area contributed by atoms with Crippen molar-refractivity contribution in [3.63, 3.8) is 0 Å². The first-order valence-corrected chi connectivity index (χ1v) is 8.19. The molecular weight excluding hydrogens is 352 g/mol. The summed E-state index contributed by atoms with van der Waals surface area (Å²) in [6, 6.07) is 12.3. The van der Waals surface area contributed by atoms with Gasteiger partial charge in [-0.1, -0.05) is 30.3 Å². The lowest BCUT2D eigenvalue weighted by atomic mass is 10.1. The van der Waals surface area contributed by atoms with E-state index in [9.17, 15) is 25.0 Å². The quantitative estimate of drug-likeness (QED) is 0.520. The highest BCUT2D eigenvalue weighted by atomic mass is 16.6. The minimum atomic E-state index is -0.745. The molecule has 0 aromatic heterocycles. The zero-order valence-electron chi connectivity index (χ0n) is 15.1. The molecule has 0 spiro atoms. The van der Waals surface area contributed by atoms with Gasteiger partial charge in [-0.25, -0.2) is 0 Å². The van der Waals surface area contributed by atoms with E-state index in [4.69, 9.17) is 0 Å². The van der Waals surface area contributed by atoms with Crippen LogP contribution in [0.5, 0.6) is 0 Å². The molecule has 2 aromatic carbocycles. The molecule has 9 nitrogen and oxygen atoms in total. The summed E-state index contributed by atoms with van der Waals surface area (Å²) in [5, 5.41) is 22.2. The minimum absolute atomic E-state index is 0.0782. The van der Waals surface area contributed by atoms with Crippen molar-refractivity contribution in [3.05, 3.63) is 79.9 Å². The SMILES string of the molecule is CN(C)CCN(Cc1ccccc1)C(=O)c1cc([N+](=O)[O-])cc([N+](=O)[O-])c1. The number of carbonyl (C=O) groups is 1. The van der Waals surface area contributed by atoms with E-state index in [0.717, 1.165) is 23.8 Å². The van der Waals surface area contributed by atoms with Gasteiger partial charge in [0.25, 0.3) is 17.3 Å². The van der Waals surface area contributed by atoms with Crippen molar-refractivity contribution in [2.24, 2.45) is 0 Å². The highest BCUT2D eigenvalue weighted by Crippen LogP contribution is 2.24. The Labute approximate surface area is 156 Å². The molecule has 0 radical (unpaired) electrons. The van der Waals surface area contributed by atoms with Crippen LogP contribution in [0.4, 0.5) is 11.4 Å². The Morgan fingerprint density at radius 1 is 0.926 bits per heavy atom. The minimum Gasteiger partial charge on any atom is -0.333 e. The predicted molar refractivity (Wildman–Crippen MR) is 99.5 cm³/mol. The van der Waals surface area contributed by atoms with Crippen molar-refractivity contribution in [1.29, 1.82) is 0 Å². The van der Waals surface area contributed by atoms with Gasteiger partial charge < -0.3 is 9.80 Å². The molecule has 27 heavy (non-hydrogen) atoms. The van der Waals surface area contributed by atoms with Crippen LogP contribution in [-0.4, -0.2) is 52.7 Å². The van der Waals surface area contributed by atoms with Gasteiger partial charge >= 0.3 is 0 Å². The molecule has 2 rings (SSSR count). The lowest BCUT2D eigenvalue weighted by molar-refractivity contribution is -0.394. The first kappa shape index (κ1) is 20.0. The summed E-state index contributed by atoms with van der Waals surface area (Å²) in [5.41, 5.74) is -0.158. The third kappa shape index (κ3) is 5.58. The first-order chi connectivity index (χ1) is 12.8. The van der Waals surface area contributed by atoms with Crippen molar-refractivity contribution in [2.75, 3.05) is 27.2 Å². The van der Waals surface area contributed by atoms with Gasteiger partial charge in [0.05, 0.1) is 21.5 Å². The smallest absolute Gasteiger partial charge is 0.277 e. The van der Waals surface area contributed by atoms with Gasteiger partial charge in [-0.2, -0.15) is 0 Å². The zero-order chi connectivity index (χ0) is 20.0. The van der Waals surface area contributed by atoms with E-state index in [2.05, 4.69) is 0 Å². The third-order valence-corrected chi connectivity index (χ3v) is 3.89. The number of amides is 1. The molecule has 2 aromatic rings. The van der Waals surface area contributed by atoms with E-state index in [0.29, 0.717) is 19.6 Å². The second-order valence-electron chi connectivity index (χ2n) is 6.27. The fraction of sp³-hybridized carbons (Fsp3) is 0.278. The van der Waals surface area contributed by atoms with Gasteiger partial charge in [-0.3, -0.25) is 25.0 Å². The van der Waals surface area contributed by atoms with Crippen LogP contribution >= 0.6 is 0 Å². The number of nitro groups is 2. The van der Waals surface area contributed by atoms with Crippen LogP contribution in [0, 0.1) is 20.2 Å². The average molecular weight is 372 g/mol. The number of nitrogens with zero attached hydrogens (tertiary/aromatic N) is 4. The molecular formula is C18H20N4O5. The number of hydrogen-bond acceptors (Lipinski definition) is 6. The lowest BCUT2D eigenvalue weighted by Crippen LogP contribution is -2.36. The van der Waals surface area contributed by atoms with Crippen LogP contribution in [-0.2, 0) is 6.54 Å². The molecule has 0 heterocycles. The van der Waals surface area contributed by atoms with Crippen molar-refractivity contribution in [2.45, 2.75) is 6.54 Å². The third-order valence-electron chi connectivity index (χ3n) is 3.89. The number of hydrogen-bond donors (Lipinski definition) is 0. The van der Waals surface area contributed by atoms with Crippen LogP contribution in [0.3, 0.4) is 0 Å². The fourth-order valence-corrected chi connectivity index (χ4v) is 2.49. The normalized spacial score (nSPS) is 10.6. The van der Waals surface area contributed by atoms with E-state index in [1.807, 2.05) is 49.3 Å². The van der Waals surface area contributed by atoms with Gasteiger partial charge in [0.2, 0.25) is 0 Å². The molecule has 0 bridgehead atoms. The monoisotopic (exact) mass is 372 g/mol. The Bertz CT molecular complexity index is 807. The molecule has 0 fully saturated rings. The van der Waals surface area contributed by atoms with Crippen molar-refractivity contribution < 1.29 is 14.6 Å².